The first-order valence-corrected chi connectivity index (χ1v) is 10.4. The van der Waals surface area contributed by atoms with Gasteiger partial charge in [0.1, 0.15) is 0 Å². The minimum atomic E-state index is -4.40. The number of carbonyl (C=O) groups excluding carboxylic acids is 1. The highest BCUT2D eigenvalue weighted by Gasteiger charge is 2.50. The molecule has 2 aliphatic heterocycles. The van der Waals surface area contributed by atoms with Gasteiger partial charge in [-0.25, -0.2) is 0 Å². The van der Waals surface area contributed by atoms with E-state index >= 15 is 0 Å². The first kappa shape index (κ1) is 20.5. The van der Waals surface area contributed by atoms with Gasteiger partial charge in [0.15, 0.2) is 0 Å². The Bertz CT molecular complexity index is 764. The average molecular weight is 411 g/mol. The Hall–Kier alpha value is -1.80. The Labute approximate surface area is 168 Å². The van der Waals surface area contributed by atoms with E-state index in [9.17, 15) is 18.0 Å². The molecular weight excluding hydrogens is 383 g/mol. The maximum atomic E-state index is 13.1. The lowest BCUT2D eigenvalue weighted by Gasteiger charge is -2.38. The minimum Gasteiger partial charge on any atom is -0.381 e. The van der Waals surface area contributed by atoms with E-state index in [0.29, 0.717) is 17.3 Å². The molecule has 0 bridgehead atoms. The number of benzene rings is 1. The zero-order valence-corrected chi connectivity index (χ0v) is 16.6. The molecule has 1 aliphatic carbocycles. The number of hydrogen-bond acceptors (Lipinski definition) is 4. The van der Waals surface area contributed by atoms with Gasteiger partial charge in [-0.3, -0.25) is 4.79 Å². The number of rotatable bonds is 2. The second kappa shape index (κ2) is 7.80. The lowest BCUT2D eigenvalue weighted by atomic mass is 9.77. The molecule has 1 aromatic carbocycles. The quantitative estimate of drug-likeness (QED) is 0.698. The summed E-state index contributed by atoms with van der Waals surface area (Å²) in [6.07, 6.45) is -0.0412. The smallest absolute Gasteiger partial charge is 0.381 e. The predicted molar refractivity (Wildman–Crippen MR) is 103 cm³/mol. The topological polar surface area (TPSA) is 62.4 Å². The second-order valence-electron chi connectivity index (χ2n) is 8.57. The molecule has 2 fully saturated rings. The summed E-state index contributed by atoms with van der Waals surface area (Å²) >= 11 is 0. The fraction of sp³-hybridized carbons (Fsp3) is 0.667. The third-order valence-corrected chi connectivity index (χ3v) is 6.77. The molecule has 1 saturated carbocycles. The van der Waals surface area contributed by atoms with Gasteiger partial charge in [-0.05, 0) is 62.8 Å². The summed E-state index contributed by atoms with van der Waals surface area (Å²) in [6.45, 7) is 3.59. The monoisotopic (exact) mass is 411 g/mol. The van der Waals surface area contributed by atoms with Crippen LogP contribution in [-0.4, -0.2) is 37.2 Å². The summed E-state index contributed by atoms with van der Waals surface area (Å²) in [5.41, 5.74) is -0.143. The number of anilines is 1. The van der Waals surface area contributed by atoms with Crippen LogP contribution in [0.15, 0.2) is 18.2 Å². The van der Waals surface area contributed by atoms with Gasteiger partial charge >= 0.3 is 6.18 Å². The Kier molecular flexibility index (Phi) is 5.50. The number of fused-ring (bicyclic) bond motifs is 1. The molecule has 8 heteroatoms. The van der Waals surface area contributed by atoms with Crippen molar-refractivity contribution in [2.75, 3.05) is 18.5 Å². The Balaban J connectivity index is 1.51. The molecular formula is C21H28F3N3O2. The molecule has 4 rings (SSSR count). The van der Waals surface area contributed by atoms with E-state index in [1.54, 1.807) is 0 Å². The normalized spacial score (nSPS) is 31.0. The van der Waals surface area contributed by atoms with Crippen molar-refractivity contribution in [3.63, 3.8) is 0 Å². The van der Waals surface area contributed by atoms with Crippen LogP contribution in [0, 0.1) is 5.41 Å². The largest absolute Gasteiger partial charge is 0.416 e. The van der Waals surface area contributed by atoms with Crippen LogP contribution in [0.5, 0.6) is 0 Å². The van der Waals surface area contributed by atoms with Crippen LogP contribution in [0.3, 0.4) is 0 Å². The highest BCUT2D eigenvalue weighted by atomic mass is 19.4. The Morgan fingerprint density at radius 2 is 1.93 bits per heavy atom. The number of hydrogen-bond donors (Lipinski definition) is 3. The van der Waals surface area contributed by atoms with Gasteiger partial charge in [0.05, 0.1) is 11.0 Å². The van der Waals surface area contributed by atoms with E-state index in [0.717, 1.165) is 57.5 Å². The number of ether oxygens (including phenoxy) is 1. The molecule has 1 aromatic rings. The third kappa shape index (κ3) is 4.10. The van der Waals surface area contributed by atoms with E-state index in [-0.39, 0.29) is 24.5 Å². The standard InChI is InChI=1S/C21H28F3N3O2/c1-13-20(7-4-17(11-20)27-16-5-8-29-9-6-16)19(28)25-12-14-10-15(21(22,23)24)2-3-18(14)26-13/h2-3,10,13,16-17,26-27H,4-9,11-12H2,1H3,(H,25,28)/t13?,17-,20+/m1/s1. The van der Waals surface area contributed by atoms with Crippen LogP contribution in [0.2, 0.25) is 0 Å². The summed E-state index contributed by atoms with van der Waals surface area (Å²) in [4.78, 5) is 13.1. The van der Waals surface area contributed by atoms with Gasteiger partial charge in [0, 0.05) is 43.6 Å². The molecule has 3 aliphatic rings. The van der Waals surface area contributed by atoms with Crippen molar-refractivity contribution in [2.24, 2.45) is 5.41 Å². The molecule has 3 atom stereocenters. The van der Waals surface area contributed by atoms with Gasteiger partial charge in [0.25, 0.3) is 0 Å². The SMILES string of the molecule is CC1Nc2ccc(C(F)(F)F)cc2CNC(=O)[C@]12CC[C@@H](NC1CCOCC1)C2. The average Bonchev–Trinajstić information content (AvgIpc) is 3.11. The molecule has 1 spiro atoms. The Morgan fingerprint density at radius 3 is 2.66 bits per heavy atom. The van der Waals surface area contributed by atoms with Crippen molar-refractivity contribution in [3.05, 3.63) is 29.3 Å². The lowest BCUT2D eigenvalue weighted by molar-refractivity contribution is -0.137. The lowest BCUT2D eigenvalue weighted by Crippen LogP contribution is -2.51. The third-order valence-electron chi connectivity index (χ3n) is 6.77. The van der Waals surface area contributed by atoms with Gasteiger partial charge < -0.3 is 20.7 Å². The fourth-order valence-corrected chi connectivity index (χ4v) is 4.99. The molecule has 0 radical (unpaired) electrons. The molecule has 29 heavy (non-hydrogen) atoms. The summed E-state index contributed by atoms with van der Waals surface area (Å²) in [5.74, 6) is -0.0724. The highest BCUT2D eigenvalue weighted by molar-refractivity contribution is 5.85. The van der Waals surface area contributed by atoms with Crippen LogP contribution in [0.4, 0.5) is 18.9 Å². The summed E-state index contributed by atoms with van der Waals surface area (Å²) in [7, 11) is 0. The van der Waals surface area contributed by atoms with Crippen molar-refractivity contribution < 1.29 is 22.7 Å². The molecule has 3 N–H and O–H groups in total. The van der Waals surface area contributed by atoms with Crippen molar-refractivity contribution in [1.29, 1.82) is 0 Å². The van der Waals surface area contributed by atoms with Crippen LogP contribution >= 0.6 is 0 Å². The molecule has 1 saturated heterocycles. The number of halogens is 3. The van der Waals surface area contributed by atoms with E-state index in [1.165, 1.54) is 6.07 Å². The van der Waals surface area contributed by atoms with Crippen molar-refractivity contribution in [2.45, 2.75) is 69.9 Å². The fourth-order valence-electron chi connectivity index (χ4n) is 4.99. The molecule has 1 amide bonds. The number of amides is 1. The zero-order chi connectivity index (χ0) is 20.6. The maximum Gasteiger partial charge on any atom is 0.416 e. The summed E-state index contributed by atoms with van der Waals surface area (Å²) < 4.78 is 44.6. The van der Waals surface area contributed by atoms with Crippen LogP contribution < -0.4 is 16.0 Å². The van der Waals surface area contributed by atoms with Gasteiger partial charge in [-0.1, -0.05) is 0 Å². The first-order valence-electron chi connectivity index (χ1n) is 10.4. The van der Waals surface area contributed by atoms with Crippen LogP contribution in [0.1, 0.15) is 50.2 Å². The molecule has 5 nitrogen and oxygen atoms in total. The van der Waals surface area contributed by atoms with Gasteiger partial charge in [0.2, 0.25) is 5.91 Å². The number of carbonyl (C=O) groups is 1. The maximum absolute atomic E-state index is 13.1. The van der Waals surface area contributed by atoms with Gasteiger partial charge in [-0.2, -0.15) is 13.2 Å². The minimum absolute atomic E-state index is 0.0724. The van der Waals surface area contributed by atoms with E-state index in [4.69, 9.17) is 4.74 Å². The Morgan fingerprint density at radius 1 is 1.17 bits per heavy atom. The van der Waals surface area contributed by atoms with Crippen molar-refractivity contribution in [3.8, 4) is 0 Å². The molecule has 0 aromatic heterocycles. The van der Waals surface area contributed by atoms with Crippen molar-refractivity contribution in [1.82, 2.24) is 10.6 Å². The highest BCUT2D eigenvalue weighted by Crippen LogP contribution is 2.44. The van der Waals surface area contributed by atoms with E-state index in [2.05, 4.69) is 16.0 Å². The van der Waals surface area contributed by atoms with E-state index in [1.807, 2.05) is 6.92 Å². The van der Waals surface area contributed by atoms with E-state index < -0.39 is 17.2 Å². The predicted octanol–water partition coefficient (Wildman–Crippen LogP) is 3.44. The van der Waals surface area contributed by atoms with Gasteiger partial charge in [-0.15, -0.1) is 0 Å². The molecule has 1 unspecified atom stereocenters. The summed E-state index contributed by atoms with van der Waals surface area (Å²) in [6, 6.07) is 4.20. The zero-order valence-electron chi connectivity index (χ0n) is 16.6. The number of nitrogens with one attached hydrogen (secondary N) is 3. The van der Waals surface area contributed by atoms with Crippen LogP contribution in [0.25, 0.3) is 0 Å². The summed E-state index contributed by atoms with van der Waals surface area (Å²) in [5, 5.41) is 9.96. The molecule has 160 valence electrons. The number of alkyl halides is 3. The molecule has 2 heterocycles. The van der Waals surface area contributed by atoms with Crippen LogP contribution in [-0.2, 0) is 22.3 Å². The second-order valence-corrected chi connectivity index (χ2v) is 8.57. The van der Waals surface area contributed by atoms with Crippen molar-refractivity contribution >= 4 is 11.6 Å². The first-order chi connectivity index (χ1) is 13.8.